The molecule has 0 unspecified atom stereocenters. The number of rotatable bonds is 3. The van der Waals surface area contributed by atoms with E-state index in [1.165, 1.54) is 0 Å². The minimum atomic E-state index is 0.345. The van der Waals surface area contributed by atoms with Crippen molar-refractivity contribution in [2.75, 3.05) is 7.11 Å². The number of benzene rings is 2. The Morgan fingerprint density at radius 3 is 2.68 bits per heavy atom. The maximum atomic E-state index is 9.15. The Morgan fingerprint density at radius 2 is 1.95 bits per heavy atom. The molecular weight excluding hydrogens is 298 g/mol. The van der Waals surface area contributed by atoms with Crippen molar-refractivity contribution in [3.8, 4) is 28.8 Å². The fraction of sp³-hybridized carbons (Fsp3) is 0.0588. The molecule has 1 heterocycles. The monoisotopic (exact) mass is 309 g/mol. The van der Waals surface area contributed by atoms with Crippen LogP contribution < -0.4 is 4.74 Å². The highest BCUT2D eigenvalue weighted by Gasteiger charge is 2.12. The van der Waals surface area contributed by atoms with E-state index in [4.69, 9.17) is 21.6 Å². The molecule has 0 atom stereocenters. The van der Waals surface area contributed by atoms with Gasteiger partial charge in [-0.2, -0.15) is 10.4 Å². The summed E-state index contributed by atoms with van der Waals surface area (Å²) in [5, 5.41) is 14.1. The van der Waals surface area contributed by atoms with Crippen LogP contribution in [0.3, 0.4) is 0 Å². The number of hydrogen-bond donors (Lipinski definition) is 0. The Kier molecular flexibility index (Phi) is 3.82. The normalized spacial score (nSPS) is 10.2. The highest BCUT2D eigenvalue weighted by molar-refractivity contribution is 6.30. The summed E-state index contributed by atoms with van der Waals surface area (Å²) >= 11 is 6.06. The minimum absolute atomic E-state index is 0.345. The summed E-state index contributed by atoms with van der Waals surface area (Å²) in [6.45, 7) is 0. The molecule has 4 nitrogen and oxygen atoms in total. The Labute approximate surface area is 133 Å². The molecule has 0 saturated heterocycles. The number of halogens is 1. The van der Waals surface area contributed by atoms with Gasteiger partial charge in [0.05, 0.1) is 18.5 Å². The van der Waals surface area contributed by atoms with Crippen molar-refractivity contribution < 1.29 is 4.74 Å². The third-order valence-electron chi connectivity index (χ3n) is 3.24. The molecule has 3 aromatic rings. The number of methoxy groups -OCH3 is 1. The van der Waals surface area contributed by atoms with Gasteiger partial charge in [-0.05, 0) is 30.3 Å². The van der Waals surface area contributed by atoms with Crippen LogP contribution in [0.25, 0.3) is 16.9 Å². The minimum Gasteiger partial charge on any atom is -0.497 e. The number of nitrogens with zero attached hydrogens (tertiary/aromatic N) is 3. The van der Waals surface area contributed by atoms with E-state index < -0.39 is 0 Å². The first-order valence-electron chi connectivity index (χ1n) is 6.62. The maximum Gasteiger partial charge on any atom is 0.163 e. The molecule has 0 aliphatic rings. The molecule has 0 radical (unpaired) electrons. The largest absolute Gasteiger partial charge is 0.497 e. The second-order valence-corrected chi connectivity index (χ2v) is 5.09. The van der Waals surface area contributed by atoms with Gasteiger partial charge in [0, 0.05) is 16.7 Å². The third kappa shape index (κ3) is 2.67. The molecule has 0 aliphatic heterocycles. The number of nitriles is 1. The standard InChI is InChI=1S/C17H12ClN3O/c1-22-16-7-2-4-12(8-16)17-10-14(11-19)20-21(17)15-6-3-5-13(18)9-15/h2-10H,1H3. The molecule has 0 fully saturated rings. The molecule has 0 spiro atoms. The molecule has 0 aliphatic carbocycles. The molecule has 0 saturated carbocycles. The quantitative estimate of drug-likeness (QED) is 0.732. The maximum absolute atomic E-state index is 9.15. The van der Waals surface area contributed by atoms with Crippen molar-refractivity contribution in [3.05, 3.63) is 65.3 Å². The van der Waals surface area contributed by atoms with Gasteiger partial charge >= 0.3 is 0 Å². The van der Waals surface area contributed by atoms with Crippen molar-refractivity contribution in [1.29, 1.82) is 5.26 Å². The van der Waals surface area contributed by atoms with E-state index >= 15 is 0 Å². The SMILES string of the molecule is COc1cccc(-c2cc(C#N)nn2-c2cccc(Cl)c2)c1. The Bertz CT molecular complexity index is 864. The topological polar surface area (TPSA) is 50.8 Å². The fourth-order valence-corrected chi connectivity index (χ4v) is 2.41. The molecule has 22 heavy (non-hydrogen) atoms. The summed E-state index contributed by atoms with van der Waals surface area (Å²) in [6, 6.07) is 18.8. The molecule has 2 aromatic carbocycles. The van der Waals surface area contributed by atoms with Gasteiger partial charge in [0.15, 0.2) is 5.69 Å². The van der Waals surface area contributed by atoms with Crippen LogP contribution in [0, 0.1) is 11.3 Å². The van der Waals surface area contributed by atoms with Gasteiger partial charge in [-0.15, -0.1) is 0 Å². The van der Waals surface area contributed by atoms with Gasteiger partial charge in [0.1, 0.15) is 11.8 Å². The summed E-state index contributed by atoms with van der Waals surface area (Å²) in [7, 11) is 1.62. The predicted molar refractivity (Wildman–Crippen MR) is 85.3 cm³/mol. The molecular formula is C17H12ClN3O. The van der Waals surface area contributed by atoms with Gasteiger partial charge in [-0.25, -0.2) is 4.68 Å². The first-order valence-corrected chi connectivity index (χ1v) is 6.99. The summed E-state index contributed by atoms with van der Waals surface area (Å²) in [5.74, 6) is 0.745. The van der Waals surface area contributed by atoms with Crippen LogP contribution >= 0.6 is 11.6 Å². The van der Waals surface area contributed by atoms with Gasteiger partial charge in [0.25, 0.3) is 0 Å². The van der Waals surface area contributed by atoms with E-state index in [9.17, 15) is 0 Å². The average Bonchev–Trinajstić information content (AvgIpc) is 2.99. The summed E-state index contributed by atoms with van der Waals surface area (Å²) in [6.07, 6.45) is 0. The van der Waals surface area contributed by atoms with Gasteiger partial charge in [-0.3, -0.25) is 0 Å². The molecule has 3 rings (SSSR count). The van der Waals surface area contributed by atoms with Crippen LogP contribution in [0.5, 0.6) is 5.75 Å². The van der Waals surface area contributed by atoms with E-state index in [1.807, 2.05) is 36.4 Å². The zero-order valence-corrected chi connectivity index (χ0v) is 12.6. The van der Waals surface area contributed by atoms with Gasteiger partial charge in [0.2, 0.25) is 0 Å². The van der Waals surface area contributed by atoms with Crippen molar-refractivity contribution >= 4 is 11.6 Å². The highest BCUT2D eigenvalue weighted by atomic mass is 35.5. The number of ether oxygens (including phenoxy) is 1. The Hall–Kier alpha value is -2.77. The van der Waals surface area contributed by atoms with E-state index in [0.29, 0.717) is 10.7 Å². The van der Waals surface area contributed by atoms with Crippen molar-refractivity contribution in [1.82, 2.24) is 9.78 Å². The van der Waals surface area contributed by atoms with Crippen molar-refractivity contribution in [2.45, 2.75) is 0 Å². The van der Waals surface area contributed by atoms with E-state index in [2.05, 4.69) is 11.2 Å². The van der Waals surface area contributed by atoms with Crippen LogP contribution in [0.1, 0.15) is 5.69 Å². The molecule has 0 N–H and O–H groups in total. The molecule has 0 bridgehead atoms. The fourth-order valence-electron chi connectivity index (χ4n) is 2.23. The number of hydrogen-bond acceptors (Lipinski definition) is 3. The van der Waals surface area contributed by atoms with Crippen LogP contribution in [0.4, 0.5) is 0 Å². The lowest BCUT2D eigenvalue weighted by atomic mass is 10.1. The van der Waals surface area contributed by atoms with Crippen LogP contribution in [0.15, 0.2) is 54.6 Å². The predicted octanol–water partition coefficient (Wildman–Crippen LogP) is 4.07. The molecule has 108 valence electrons. The van der Waals surface area contributed by atoms with Crippen molar-refractivity contribution in [2.24, 2.45) is 0 Å². The highest BCUT2D eigenvalue weighted by Crippen LogP contribution is 2.27. The first-order chi connectivity index (χ1) is 10.7. The summed E-state index contributed by atoms with van der Waals surface area (Å²) in [5.41, 5.74) is 2.86. The lowest BCUT2D eigenvalue weighted by Gasteiger charge is -2.09. The first kappa shape index (κ1) is 14.2. The zero-order valence-electron chi connectivity index (χ0n) is 11.8. The van der Waals surface area contributed by atoms with Crippen LogP contribution in [0.2, 0.25) is 5.02 Å². The van der Waals surface area contributed by atoms with E-state index in [1.54, 1.807) is 30.0 Å². The molecule has 0 amide bonds. The van der Waals surface area contributed by atoms with Crippen LogP contribution in [-0.2, 0) is 0 Å². The molecule has 5 heteroatoms. The zero-order chi connectivity index (χ0) is 15.5. The van der Waals surface area contributed by atoms with Crippen LogP contribution in [-0.4, -0.2) is 16.9 Å². The third-order valence-corrected chi connectivity index (χ3v) is 3.48. The van der Waals surface area contributed by atoms with E-state index in [0.717, 1.165) is 22.7 Å². The average molecular weight is 310 g/mol. The Balaban J connectivity index is 2.19. The van der Waals surface area contributed by atoms with Gasteiger partial charge < -0.3 is 4.74 Å². The molecule has 1 aromatic heterocycles. The number of aromatic nitrogens is 2. The lowest BCUT2D eigenvalue weighted by Crippen LogP contribution is -1.99. The second-order valence-electron chi connectivity index (χ2n) is 4.65. The smallest absolute Gasteiger partial charge is 0.163 e. The Morgan fingerprint density at radius 1 is 1.14 bits per heavy atom. The second kappa shape index (κ2) is 5.92. The lowest BCUT2D eigenvalue weighted by molar-refractivity contribution is 0.415. The van der Waals surface area contributed by atoms with Gasteiger partial charge in [-0.1, -0.05) is 29.8 Å². The summed E-state index contributed by atoms with van der Waals surface area (Å²) < 4.78 is 6.97. The van der Waals surface area contributed by atoms with E-state index in [-0.39, 0.29) is 0 Å². The summed E-state index contributed by atoms with van der Waals surface area (Å²) in [4.78, 5) is 0. The van der Waals surface area contributed by atoms with Crippen molar-refractivity contribution in [3.63, 3.8) is 0 Å².